The molecule has 1 heterocycles. The summed E-state index contributed by atoms with van der Waals surface area (Å²) in [5.74, 6) is 0.284. The van der Waals surface area contributed by atoms with E-state index in [1.807, 2.05) is 13.8 Å². The van der Waals surface area contributed by atoms with Gasteiger partial charge in [0.1, 0.15) is 5.75 Å². The molecule has 0 N–H and O–H groups in total. The minimum absolute atomic E-state index is 0.0415. The Labute approximate surface area is 118 Å². The largest absolute Gasteiger partial charge is 0.454 e. The van der Waals surface area contributed by atoms with Gasteiger partial charge in [-0.15, -0.1) is 0 Å². The van der Waals surface area contributed by atoms with Gasteiger partial charge >= 0.3 is 0 Å². The van der Waals surface area contributed by atoms with Gasteiger partial charge < -0.3 is 9.47 Å². The van der Waals surface area contributed by atoms with E-state index in [2.05, 4.69) is 0 Å². The van der Waals surface area contributed by atoms with Crippen molar-refractivity contribution in [2.45, 2.75) is 20.3 Å². The molecule has 1 aliphatic rings. The second-order valence-electron chi connectivity index (χ2n) is 5.06. The van der Waals surface area contributed by atoms with E-state index in [1.165, 1.54) is 6.07 Å². The van der Waals surface area contributed by atoms with Gasteiger partial charge in [-0.1, -0.05) is 20.3 Å². The third kappa shape index (κ3) is 3.50. The maximum absolute atomic E-state index is 12.1. The van der Waals surface area contributed by atoms with Crippen LogP contribution in [0.25, 0.3) is 0 Å². The number of carbonyl (C=O) groups is 1. The Morgan fingerprint density at radius 3 is 2.70 bits per heavy atom. The third-order valence-electron chi connectivity index (χ3n) is 3.28. The molecule has 0 radical (unpaired) electrons. The molecule has 1 aromatic rings. The van der Waals surface area contributed by atoms with Crippen molar-refractivity contribution < 1.29 is 22.7 Å². The zero-order valence-electron chi connectivity index (χ0n) is 11.6. The number of benzene rings is 1. The number of hydrogen-bond donors (Lipinski definition) is 0. The number of sulfone groups is 1. The highest BCUT2D eigenvalue weighted by Crippen LogP contribution is 2.32. The minimum Gasteiger partial charge on any atom is -0.454 e. The Kier molecular flexibility index (Phi) is 4.32. The predicted molar refractivity (Wildman–Crippen MR) is 75.0 cm³/mol. The summed E-state index contributed by atoms with van der Waals surface area (Å²) in [5, 5.41) is 0. The lowest BCUT2D eigenvalue weighted by Crippen LogP contribution is -2.22. The lowest BCUT2D eigenvalue weighted by Gasteiger charge is -2.09. The van der Waals surface area contributed by atoms with Gasteiger partial charge in [0, 0.05) is 5.56 Å². The number of fused-ring (bicyclic) bond motifs is 1. The Balaban J connectivity index is 2.08. The highest BCUT2D eigenvalue weighted by atomic mass is 32.2. The van der Waals surface area contributed by atoms with Crippen LogP contribution in [0, 0.1) is 5.92 Å². The normalized spacial score (nSPS) is 15.1. The molecule has 0 spiro atoms. The molecule has 1 atom stereocenters. The van der Waals surface area contributed by atoms with Crippen LogP contribution in [0.1, 0.15) is 30.6 Å². The first-order valence-electron chi connectivity index (χ1n) is 6.54. The maximum atomic E-state index is 12.1. The average molecular weight is 298 g/mol. The van der Waals surface area contributed by atoms with Crippen molar-refractivity contribution >= 4 is 15.6 Å². The summed E-state index contributed by atoms with van der Waals surface area (Å²) in [7, 11) is -3.38. The molecule has 0 amide bonds. The van der Waals surface area contributed by atoms with Gasteiger partial charge in [0.2, 0.25) is 6.79 Å². The average Bonchev–Trinajstić information content (AvgIpc) is 2.84. The van der Waals surface area contributed by atoms with Crippen molar-refractivity contribution in [2.24, 2.45) is 5.92 Å². The Bertz CT molecular complexity index is 606. The molecular weight excluding hydrogens is 280 g/mol. The summed E-state index contributed by atoms with van der Waals surface area (Å²) >= 11 is 0. The van der Waals surface area contributed by atoms with Crippen LogP contribution in [-0.2, 0) is 9.84 Å². The van der Waals surface area contributed by atoms with Crippen LogP contribution in [0.5, 0.6) is 11.5 Å². The van der Waals surface area contributed by atoms with Crippen molar-refractivity contribution in [2.75, 3.05) is 18.3 Å². The molecule has 2 rings (SSSR count). The predicted octanol–water partition coefficient (Wildman–Crippen LogP) is 2.06. The van der Waals surface area contributed by atoms with Gasteiger partial charge in [-0.05, 0) is 24.1 Å². The van der Waals surface area contributed by atoms with Gasteiger partial charge in [0.05, 0.1) is 5.75 Å². The molecule has 1 aliphatic heterocycles. The van der Waals surface area contributed by atoms with E-state index in [1.54, 1.807) is 12.1 Å². The van der Waals surface area contributed by atoms with E-state index in [0.29, 0.717) is 17.1 Å². The van der Waals surface area contributed by atoms with E-state index in [4.69, 9.17) is 9.47 Å². The summed E-state index contributed by atoms with van der Waals surface area (Å²) in [4.78, 5) is 12.1. The van der Waals surface area contributed by atoms with Crippen molar-refractivity contribution in [3.8, 4) is 11.5 Å². The second-order valence-corrected chi connectivity index (χ2v) is 7.17. The van der Waals surface area contributed by atoms with Gasteiger partial charge in [-0.3, -0.25) is 4.79 Å². The molecule has 20 heavy (non-hydrogen) atoms. The van der Waals surface area contributed by atoms with Crippen LogP contribution >= 0.6 is 0 Å². The van der Waals surface area contributed by atoms with Gasteiger partial charge in [-0.2, -0.15) is 0 Å². The molecule has 0 bridgehead atoms. The molecule has 1 aromatic carbocycles. The van der Waals surface area contributed by atoms with Crippen LogP contribution in [0.2, 0.25) is 0 Å². The zero-order chi connectivity index (χ0) is 14.8. The van der Waals surface area contributed by atoms with Gasteiger partial charge in [-0.25, -0.2) is 8.42 Å². The molecule has 1 unspecified atom stereocenters. The number of rotatable bonds is 6. The number of hydrogen-bond acceptors (Lipinski definition) is 5. The highest BCUT2D eigenvalue weighted by Gasteiger charge is 2.22. The second kappa shape index (κ2) is 5.83. The number of ketones is 1. The standard InChI is InChI=1S/C14H18O5S/c1-3-10(2)7-20(16,17)8-12(15)11-4-5-13-14(6-11)19-9-18-13/h4-6,10H,3,7-9H2,1-2H3. The lowest BCUT2D eigenvalue weighted by atomic mass is 10.1. The first kappa shape index (κ1) is 14.8. The van der Waals surface area contributed by atoms with E-state index in [9.17, 15) is 13.2 Å². The Hall–Kier alpha value is -1.56. The van der Waals surface area contributed by atoms with E-state index < -0.39 is 21.4 Å². The monoisotopic (exact) mass is 298 g/mol. The van der Waals surface area contributed by atoms with Crippen LogP contribution in [0.4, 0.5) is 0 Å². The third-order valence-corrected chi connectivity index (χ3v) is 5.06. The van der Waals surface area contributed by atoms with E-state index >= 15 is 0 Å². The van der Waals surface area contributed by atoms with Gasteiger partial charge in [0.15, 0.2) is 27.1 Å². The smallest absolute Gasteiger partial charge is 0.231 e. The molecule has 6 heteroatoms. The van der Waals surface area contributed by atoms with Crippen LogP contribution in [0.3, 0.4) is 0 Å². The number of carbonyl (C=O) groups excluding carboxylic acids is 1. The molecule has 5 nitrogen and oxygen atoms in total. The summed E-state index contributed by atoms with van der Waals surface area (Å²) in [6, 6.07) is 4.72. The Morgan fingerprint density at radius 1 is 1.30 bits per heavy atom. The molecule has 0 saturated carbocycles. The van der Waals surface area contributed by atoms with Crippen LogP contribution < -0.4 is 9.47 Å². The summed E-state index contributed by atoms with van der Waals surface area (Å²) in [6.45, 7) is 3.92. The fourth-order valence-electron chi connectivity index (χ4n) is 1.96. The topological polar surface area (TPSA) is 69.7 Å². The quantitative estimate of drug-likeness (QED) is 0.752. The van der Waals surface area contributed by atoms with Crippen LogP contribution in [0.15, 0.2) is 18.2 Å². The molecule has 0 fully saturated rings. The Morgan fingerprint density at radius 2 is 2.00 bits per heavy atom. The minimum atomic E-state index is -3.38. The summed E-state index contributed by atoms with van der Waals surface area (Å²) < 4.78 is 34.2. The SMILES string of the molecule is CCC(C)CS(=O)(=O)CC(=O)c1ccc2c(c1)OCO2. The van der Waals surface area contributed by atoms with Crippen molar-refractivity contribution in [1.82, 2.24) is 0 Å². The van der Waals surface area contributed by atoms with E-state index in [0.717, 1.165) is 6.42 Å². The lowest BCUT2D eigenvalue weighted by molar-refractivity contribution is 0.102. The highest BCUT2D eigenvalue weighted by molar-refractivity contribution is 7.92. The van der Waals surface area contributed by atoms with Gasteiger partial charge in [0.25, 0.3) is 0 Å². The van der Waals surface area contributed by atoms with Crippen molar-refractivity contribution in [3.63, 3.8) is 0 Å². The summed E-state index contributed by atoms with van der Waals surface area (Å²) in [6.07, 6.45) is 0.775. The molecule has 0 aromatic heterocycles. The molecule has 0 saturated heterocycles. The fourth-order valence-corrected chi connectivity index (χ4v) is 3.75. The van der Waals surface area contributed by atoms with Crippen molar-refractivity contribution in [1.29, 1.82) is 0 Å². The summed E-state index contributed by atoms with van der Waals surface area (Å²) in [5.41, 5.74) is 0.335. The molecule has 0 aliphatic carbocycles. The molecular formula is C14H18O5S. The number of Topliss-reactive ketones (excluding diaryl/α,β-unsaturated/α-hetero) is 1. The van der Waals surface area contributed by atoms with Crippen molar-refractivity contribution in [3.05, 3.63) is 23.8 Å². The first-order valence-corrected chi connectivity index (χ1v) is 8.36. The zero-order valence-corrected chi connectivity index (χ0v) is 12.4. The molecule has 110 valence electrons. The first-order chi connectivity index (χ1) is 9.41. The number of ether oxygens (including phenoxy) is 2. The van der Waals surface area contributed by atoms with Crippen LogP contribution in [-0.4, -0.2) is 32.5 Å². The maximum Gasteiger partial charge on any atom is 0.231 e. The fraction of sp³-hybridized carbons (Fsp3) is 0.500. The van der Waals surface area contributed by atoms with E-state index in [-0.39, 0.29) is 18.5 Å².